The molecule has 2 nitrogen and oxygen atoms in total. The predicted octanol–water partition coefficient (Wildman–Crippen LogP) is 4.83. The molecule has 21 heavy (non-hydrogen) atoms. The SMILES string of the molecule is CCCCOc1ccccc1NCCc1ccccc1C. The highest BCUT2D eigenvalue weighted by molar-refractivity contribution is 5.56. The Balaban J connectivity index is 1.89. The average Bonchev–Trinajstić information content (AvgIpc) is 2.51. The van der Waals surface area contributed by atoms with E-state index in [1.165, 1.54) is 11.1 Å². The first-order valence-electron chi connectivity index (χ1n) is 7.81. The van der Waals surface area contributed by atoms with Crippen molar-refractivity contribution in [3.63, 3.8) is 0 Å². The van der Waals surface area contributed by atoms with Crippen LogP contribution in [0, 0.1) is 6.92 Å². The molecule has 0 bridgehead atoms. The van der Waals surface area contributed by atoms with Gasteiger partial charge in [-0.3, -0.25) is 0 Å². The quantitative estimate of drug-likeness (QED) is 0.701. The minimum absolute atomic E-state index is 0.785. The molecule has 0 fully saturated rings. The molecule has 2 aromatic rings. The van der Waals surface area contributed by atoms with Gasteiger partial charge in [-0.15, -0.1) is 0 Å². The Labute approximate surface area is 128 Å². The van der Waals surface area contributed by atoms with Crippen LogP contribution in [-0.2, 0) is 6.42 Å². The fourth-order valence-corrected chi connectivity index (χ4v) is 2.29. The van der Waals surface area contributed by atoms with Gasteiger partial charge in [0.1, 0.15) is 5.75 Å². The van der Waals surface area contributed by atoms with Crippen molar-refractivity contribution < 1.29 is 4.74 Å². The molecule has 0 radical (unpaired) electrons. The van der Waals surface area contributed by atoms with Crippen LogP contribution in [0.4, 0.5) is 5.69 Å². The van der Waals surface area contributed by atoms with E-state index in [-0.39, 0.29) is 0 Å². The second-order valence-electron chi connectivity index (χ2n) is 5.30. The van der Waals surface area contributed by atoms with E-state index in [0.717, 1.165) is 43.9 Å². The summed E-state index contributed by atoms with van der Waals surface area (Å²) in [6.45, 7) is 6.04. The Hall–Kier alpha value is -1.96. The monoisotopic (exact) mass is 283 g/mol. The molecule has 1 N–H and O–H groups in total. The van der Waals surface area contributed by atoms with Gasteiger partial charge in [-0.25, -0.2) is 0 Å². The summed E-state index contributed by atoms with van der Waals surface area (Å²) in [5, 5.41) is 3.49. The van der Waals surface area contributed by atoms with Crippen LogP contribution in [0.3, 0.4) is 0 Å². The largest absolute Gasteiger partial charge is 0.491 e. The normalized spacial score (nSPS) is 10.4. The smallest absolute Gasteiger partial charge is 0.142 e. The molecule has 0 saturated carbocycles. The summed E-state index contributed by atoms with van der Waals surface area (Å²) in [5.74, 6) is 0.954. The molecule has 0 aromatic heterocycles. The van der Waals surface area contributed by atoms with Crippen LogP contribution >= 0.6 is 0 Å². The standard InChI is InChI=1S/C19H25NO/c1-3-4-15-21-19-12-8-7-11-18(19)20-14-13-17-10-6-5-9-16(17)2/h5-12,20H,3-4,13-15H2,1-2H3. The lowest BCUT2D eigenvalue weighted by Gasteiger charge is -2.13. The Morgan fingerprint density at radius 1 is 1.00 bits per heavy atom. The number of aryl methyl sites for hydroxylation is 1. The summed E-state index contributed by atoms with van der Waals surface area (Å²) < 4.78 is 5.84. The van der Waals surface area contributed by atoms with Gasteiger partial charge in [0.2, 0.25) is 0 Å². The van der Waals surface area contributed by atoms with Gasteiger partial charge in [-0.1, -0.05) is 49.7 Å². The van der Waals surface area contributed by atoms with Gasteiger partial charge < -0.3 is 10.1 Å². The highest BCUT2D eigenvalue weighted by Gasteiger charge is 2.03. The zero-order valence-electron chi connectivity index (χ0n) is 13.1. The molecule has 0 aliphatic rings. The molecule has 0 heterocycles. The Kier molecular flexibility index (Phi) is 6.14. The number of ether oxygens (including phenoxy) is 1. The topological polar surface area (TPSA) is 21.3 Å². The third-order valence-corrected chi connectivity index (χ3v) is 3.61. The second-order valence-corrected chi connectivity index (χ2v) is 5.30. The molecular weight excluding hydrogens is 258 g/mol. The van der Waals surface area contributed by atoms with Crippen molar-refractivity contribution in [1.29, 1.82) is 0 Å². The maximum Gasteiger partial charge on any atom is 0.142 e. The molecule has 0 amide bonds. The summed E-state index contributed by atoms with van der Waals surface area (Å²) >= 11 is 0. The molecule has 2 rings (SSSR count). The zero-order chi connectivity index (χ0) is 14.9. The summed E-state index contributed by atoms with van der Waals surface area (Å²) in [4.78, 5) is 0. The lowest BCUT2D eigenvalue weighted by Crippen LogP contribution is -2.08. The molecular formula is C19H25NO. The van der Waals surface area contributed by atoms with Crippen LogP contribution < -0.4 is 10.1 Å². The maximum absolute atomic E-state index is 5.84. The van der Waals surface area contributed by atoms with Crippen molar-refractivity contribution in [3.8, 4) is 5.75 Å². The molecule has 0 atom stereocenters. The first kappa shape index (κ1) is 15.4. The molecule has 0 saturated heterocycles. The number of anilines is 1. The Morgan fingerprint density at radius 3 is 2.57 bits per heavy atom. The molecule has 112 valence electrons. The second kappa shape index (κ2) is 8.35. The van der Waals surface area contributed by atoms with Crippen molar-refractivity contribution in [1.82, 2.24) is 0 Å². The van der Waals surface area contributed by atoms with Crippen LogP contribution in [0.2, 0.25) is 0 Å². The van der Waals surface area contributed by atoms with Crippen molar-refractivity contribution >= 4 is 5.69 Å². The molecule has 0 aliphatic carbocycles. The summed E-state index contributed by atoms with van der Waals surface area (Å²) in [7, 11) is 0. The van der Waals surface area contributed by atoms with E-state index < -0.39 is 0 Å². The lowest BCUT2D eigenvalue weighted by atomic mass is 10.1. The van der Waals surface area contributed by atoms with Gasteiger partial charge in [0.25, 0.3) is 0 Å². The predicted molar refractivity (Wildman–Crippen MR) is 90.2 cm³/mol. The summed E-state index contributed by atoms with van der Waals surface area (Å²) in [6.07, 6.45) is 3.27. The third-order valence-electron chi connectivity index (χ3n) is 3.61. The lowest BCUT2D eigenvalue weighted by molar-refractivity contribution is 0.310. The molecule has 0 aliphatic heterocycles. The van der Waals surface area contributed by atoms with Gasteiger partial charge >= 0.3 is 0 Å². The highest BCUT2D eigenvalue weighted by Crippen LogP contribution is 2.24. The number of benzene rings is 2. The fourth-order valence-electron chi connectivity index (χ4n) is 2.29. The number of unbranched alkanes of at least 4 members (excludes halogenated alkanes) is 1. The first-order chi connectivity index (χ1) is 10.3. The Bertz CT molecular complexity index is 551. The first-order valence-corrected chi connectivity index (χ1v) is 7.81. The van der Waals surface area contributed by atoms with Crippen molar-refractivity contribution in [2.24, 2.45) is 0 Å². The molecule has 2 aromatic carbocycles. The van der Waals surface area contributed by atoms with E-state index in [2.05, 4.69) is 49.5 Å². The van der Waals surface area contributed by atoms with Crippen LogP contribution in [0.25, 0.3) is 0 Å². The highest BCUT2D eigenvalue weighted by atomic mass is 16.5. The minimum Gasteiger partial charge on any atom is -0.491 e. The molecule has 0 unspecified atom stereocenters. The molecule has 0 spiro atoms. The van der Waals surface area contributed by atoms with Gasteiger partial charge in [0.15, 0.2) is 0 Å². The van der Waals surface area contributed by atoms with Crippen LogP contribution in [0.1, 0.15) is 30.9 Å². The number of hydrogen-bond acceptors (Lipinski definition) is 2. The van der Waals surface area contributed by atoms with Crippen LogP contribution in [0.15, 0.2) is 48.5 Å². The Morgan fingerprint density at radius 2 is 1.76 bits per heavy atom. The van der Waals surface area contributed by atoms with Gasteiger partial charge in [0.05, 0.1) is 12.3 Å². The van der Waals surface area contributed by atoms with Crippen LogP contribution in [-0.4, -0.2) is 13.2 Å². The van der Waals surface area contributed by atoms with Gasteiger partial charge in [0, 0.05) is 6.54 Å². The number of para-hydroxylation sites is 2. The number of hydrogen-bond donors (Lipinski definition) is 1. The number of nitrogens with one attached hydrogen (secondary N) is 1. The van der Waals surface area contributed by atoms with E-state index in [1.807, 2.05) is 18.2 Å². The van der Waals surface area contributed by atoms with Gasteiger partial charge in [-0.2, -0.15) is 0 Å². The van der Waals surface area contributed by atoms with Gasteiger partial charge in [-0.05, 0) is 43.0 Å². The van der Waals surface area contributed by atoms with Crippen LogP contribution in [0.5, 0.6) is 5.75 Å². The molecule has 2 heteroatoms. The fraction of sp³-hybridized carbons (Fsp3) is 0.368. The average molecular weight is 283 g/mol. The van der Waals surface area contributed by atoms with Crippen molar-refractivity contribution in [3.05, 3.63) is 59.7 Å². The minimum atomic E-state index is 0.785. The third kappa shape index (κ3) is 4.82. The maximum atomic E-state index is 5.84. The number of rotatable bonds is 8. The van der Waals surface area contributed by atoms with E-state index >= 15 is 0 Å². The van der Waals surface area contributed by atoms with E-state index in [9.17, 15) is 0 Å². The zero-order valence-corrected chi connectivity index (χ0v) is 13.1. The van der Waals surface area contributed by atoms with E-state index in [4.69, 9.17) is 4.74 Å². The van der Waals surface area contributed by atoms with E-state index in [1.54, 1.807) is 0 Å². The van der Waals surface area contributed by atoms with E-state index in [0.29, 0.717) is 0 Å². The summed E-state index contributed by atoms with van der Waals surface area (Å²) in [6, 6.07) is 16.7. The van der Waals surface area contributed by atoms with Crippen molar-refractivity contribution in [2.75, 3.05) is 18.5 Å². The summed E-state index contributed by atoms with van der Waals surface area (Å²) in [5.41, 5.74) is 3.84. The van der Waals surface area contributed by atoms with Crippen molar-refractivity contribution in [2.45, 2.75) is 33.1 Å².